The van der Waals surface area contributed by atoms with Gasteiger partial charge in [-0.2, -0.15) is 0 Å². The van der Waals surface area contributed by atoms with E-state index in [2.05, 4.69) is 25.5 Å². The van der Waals surface area contributed by atoms with Gasteiger partial charge in [0.25, 0.3) is 0 Å². The molecule has 7 heteroatoms. The molecule has 0 atom stereocenters. The molecule has 2 N–H and O–H groups in total. The number of aromatic nitrogens is 2. The van der Waals surface area contributed by atoms with E-state index in [1.165, 1.54) is 12.8 Å². The van der Waals surface area contributed by atoms with Gasteiger partial charge in [0.15, 0.2) is 0 Å². The molecule has 1 aromatic rings. The summed E-state index contributed by atoms with van der Waals surface area (Å²) in [6.07, 6.45) is 13.8. The number of nitrogens with zero attached hydrogens (tertiary/aromatic N) is 3. The Kier molecular flexibility index (Phi) is 6.80. The van der Waals surface area contributed by atoms with Crippen LogP contribution in [0.5, 0.6) is 0 Å². The van der Waals surface area contributed by atoms with Crippen molar-refractivity contribution in [2.45, 2.75) is 57.4 Å². The minimum Gasteiger partial charge on any atom is -0.355 e. The van der Waals surface area contributed by atoms with Crippen LogP contribution < -0.4 is 15.5 Å². The first-order valence-electron chi connectivity index (χ1n) is 9.82. The van der Waals surface area contributed by atoms with Crippen molar-refractivity contribution in [1.29, 1.82) is 0 Å². The molecule has 0 radical (unpaired) electrons. The molecule has 2 heterocycles. The normalized spacial score (nSPS) is 19.6. The Labute approximate surface area is 155 Å². The van der Waals surface area contributed by atoms with E-state index in [1.54, 1.807) is 18.6 Å². The lowest BCUT2D eigenvalue weighted by Crippen LogP contribution is -2.46. The average molecular weight is 359 g/mol. The summed E-state index contributed by atoms with van der Waals surface area (Å²) in [6.45, 7) is 2.35. The van der Waals surface area contributed by atoms with Crippen LogP contribution in [0.25, 0.3) is 0 Å². The molecule has 0 bridgehead atoms. The van der Waals surface area contributed by atoms with Crippen LogP contribution in [0.1, 0.15) is 51.4 Å². The number of carbonyl (C=O) groups is 2. The predicted octanol–water partition coefficient (Wildman–Crippen LogP) is 1.65. The van der Waals surface area contributed by atoms with Crippen LogP contribution in [-0.4, -0.2) is 47.5 Å². The third-order valence-corrected chi connectivity index (χ3v) is 5.44. The van der Waals surface area contributed by atoms with Crippen molar-refractivity contribution >= 4 is 17.6 Å². The van der Waals surface area contributed by atoms with E-state index in [9.17, 15) is 9.59 Å². The summed E-state index contributed by atoms with van der Waals surface area (Å²) in [5.74, 6) is 0.329. The van der Waals surface area contributed by atoms with Crippen molar-refractivity contribution in [1.82, 2.24) is 20.6 Å². The standard InChI is InChI=1S/C19H29N5O2/c25-18(19(26)23-16-5-3-1-2-4-6-16)22-13-15-7-11-24(12-8-15)17-14-20-9-10-21-17/h9-10,14-16H,1-8,11-13H2,(H,22,25)(H,23,26). The van der Waals surface area contributed by atoms with Crippen LogP contribution in [0.4, 0.5) is 5.82 Å². The monoisotopic (exact) mass is 359 g/mol. The number of nitrogens with one attached hydrogen (secondary N) is 2. The Morgan fingerprint density at radius 3 is 2.38 bits per heavy atom. The Morgan fingerprint density at radius 2 is 1.73 bits per heavy atom. The van der Waals surface area contributed by atoms with Gasteiger partial charge in [0.1, 0.15) is 5.82 Å². The molecule has 3 rings (SSSR count). The molecule has 2 aliphatic rings. The summed E-state index contributed by atoms with van der Waals surface area (Å²) in [4.78, 5) is 34.8. The zero-order valence-corrected chi connectivity index (χ0v) is 15.3. The first kappa shape index (κ1) is 18.6. The Bertz CT molecular complexity index is 579. The first-order valence-corrected chi connectivity index (χ1v) is 9.82. The number of hydrogen-bond acceptors (Lipinski definition) is 5. The number of hydrogen-bond donors (Lipinski definition) is 2. The minimum atomic E-state index is -0.495. The highest BCUT2D eigenvalue weighted by molar-refractivity contribution is 6.35. The fraction of sp³-hybridized carbons (Fsp3) is 0.684. The lowest BCUT2D eigenvalue weighted by Gasteiger charge is -2.32. The van der Waals surface area contributed by atoms with Gasteiger partial charge in [0.05, 0.1) is 6.20 Å². The number of carbonyl (C=O) groups excluding carboxylic acids is 2. The quantitative estimate of drug-likeness (QED) is 0.630. The van der Waals surface area contributed by atoms with Crippen molar-refractivity contribution in [3.63, 3.8) is 0 Å². The number of piperidine rings is 1. The SMILES string of the molecule is O=C(NCC1CCN(c2cnccn2)CC1)C(=O)NC1CCCCCC1. The van der Waals surface area contributed by atoms with Crippen LogP contribution in [0, 0.1) is 5.92 Å². The molecule has 142 valence electrons. The van der Waals surface area contributed by atoms with Crippen molar-refractivity contribution in [3.05, 3.63) is 18.6 Å². The molecule has 2 fully saturated rings. The summed E-state index contributed by atoms with van der Waals surface area (Å²) in [5, 5.41) is 5.71. The van der Waals surface area contributed by atoms with Gasteiger partial charge in [-0.3, -0.25) is 14.6 Å². The van der Waals surface area contributed by atoms with Crippen molar-refractivity contribution < 1.29 is 9.59 Å². The molecule has 0 unspecified atom stereocenters. The van der Waals surface area contributed by atoms with Crippen molar-refractivity contribution in [2.75, 3.05) is 24.5 Å². The highest BCUT2D eigenvalue weighted by Gasteiger charge is 2.23. The molecule has 1 aliphatic heterocycles. The van der Waals surface area contributed by atoms with Gasteiger partial charge >= 0.3 is 11.8 Å². The largest absolute Gasteiger partial charge is 0.355 e. The fourth-order valence-corrected chi connectivity index (χ4v) is 3.81. The summed E-state index contributed by atoms with van der Waals surface area (Å²) in [6, 6.07) is 0.158. The minimum absolute atomic E-state index is 0.158. The number of anilines is 1. The predicted molar refractivity (Wildman–Crippen MR) is 99.6 cm³/mol. The number of rotatable bonds is 4. The summed E-state index contributed by atoms with van der Waals surface area (Å²) >= 11 is 0. The van der Waals surface area contributed by atoms with Gasteiger partial charge in [0, 0.05) is 38.1 Å². The molecule has 7 nitrogen and oxygen atoms in total. The van der Waals surface area contributed by atoms with Crippen LogP contribution in [-0.2, 0) is 9.59 Å². The third-order valence-electron chi connectivity index (χ3n) is 5.44. The molecular formula is C19H29N5O2. The second-order valence-corrected chi connectivity index (χ2v) is 7.37. The smallest absolute Gasteiger partial charge is 0.309 e. The first-order chi connectivity index (χ1) is 12.7. The summed E-state index contributed by atoms with van der Waals surface area (Å²) in [7, 11) is 0. The maximum atomic E-state index is 12.1. The summed E-state index contributed by atoms with van der Waals surface area (Å²) in [5.41, 5.74) is 0. The van der Waals surface area contributed by atoms with E-state index in [4.69, 9.17) is 0 Å². The Balaban J connectivity index is 1.36. The van der Waals surface area contributed by atoms with Gasteiger partial charge in [-0.1, -0.05) is 25.7 Å². The molecule has 1 aliphatic carbocycles. The second-order valence-electron chi connectivity index (χ2n) is 7.37. The van der Waals surface area contributed by atoms with Gasteiger partial charge in [-0.15, -0.1) is 0 Å². The average Bonchev–Trinajstić information content (AvgIpc) is 2.96. The molecule has 2 amide bonds. The van der Waals surface area contributed by atoms with E-state index in [-0.39, 0.29) is 6.04 Å². The molecule has 26 heavy (non-hydrogen) atoms. The van der Waals surface area contributed by atoms with Crippen LogP contribution in [0.15, 0.2) is 18.6 Å². The van der Waals surface area contributed by atoms with Crippen LogP contribution in [0.2, 0.25) is 0 Å². The van der Waals surface area contributed by atoms with Gasteiger partial charge < -0.3 is 15.5 Å². The summed E-state index contributed by atoms with van der Waals surface area (Å²) < 4.78 is 0. The van der Waals surface area contributed by atoms with Gasteiger partial charge in [-0.05, 0) is 31.6 Å². The third kappa shape index (κ3) is 5.41. The Morgan fingerprint density at radius 1 is 1.00 bits per heavy atom. The highest BCUT2D eigenvalue weighted by atomic mass is 16.2. The van der Waals surface area contributed by atoms with Crippen LogP contribution >= 0.6 is 0 Å². The maximum Gasteiger partial charge on any atom is 0.309 e. The van der Waals surface area contributed by atoms with E-state index in [0.29, 0.717) is 12.5 Å². The molecule has 0 spiro atoms. The van der Waals surface area contributed by atoms with Gasteiger partial charge in [0.2, 0.25) is 0 Å². The molecule has 1 saturated heterocycles. The molecule has 1 aromatic heterocycles. The van der Waals surface area contributed by atoms with E-state index < -0.39 is 11.8 Å². The van der Waals surface area contributed by atoms with Gasteiger partial charge in [-0.25, -0.2) is 4.98 Å². The molecule has 1 saturated carbocycles. The number of amides is 2. The van der Waals surface area contributed by atoms with E-state index in [1.807, 2.05) is 0 Å². The van der Waals surface area contributed by atoms with Crippen LogP contribution in [0.3, 0.4) is 0 Å². The van der Waals surface area contributed by atoms with E-state index in [0.717, 1.165) is 57.4 Å². The van der Waals surface area contributed by atoms with E-state index >= 15 is 0 Å². The lowest BCUT2D eigenvalue weighted by atomic mass is 9.97. The second kappa shape index (κ2) is 9.50. The molecular weight excluding hydrogens is 330 g/mol. The fourth-order valence-electron chi connectivity index (χ4n) is 3.81. The highest BCUT2D eigenvalue weighted by Crippen LogP contribution is 2.20. The van der Waals surface area contributed by atoms with Crippen molar-refractivity contribution in [2.24, 2.45) is 5.92 Å². The topological polar surface area (TPSA) is 87.2 Å². The zero-order chi connectivity index (χ0) is 18.2. The van der Waals surface area contributed by atoms with Crippen molar-refractivity contribution in [3.8, 4) is 0 Å². The maximum absolute atomic E-state index is 12.1. The molecule has 0 aromatic carbocycles. The Hall–Kier alpha value is -2.18. The lowest BCUT2D eigenvalue weighted by molar-refractivity contribution is -0.139. The zero-order valence-electron chi connectivity index (χ0n) is 15.3.